The van der Waals surface area contributed by atoms with E-state index in [1.165, 1.54) is 12.1 Å². The smallest absolute Gasteiger partial charge is 0.234 e. The Morgan fingerprint density at radius 3 is 2.52 bits per heavy atom. The van der Waals surface area contributed by atoms with Gasteiger partial charge >= 0.3 is 0 Å². The first kappa shape index (κ1) is 17.4. The number of piperazine rings is 1. The molecular weight excluding hydrogens is 297 g/mol. The maximum absolute atomic E-state index is 13.2. The van der Waals surface area contributed by atoms with E-state index in [9.17, 15) is 14.0 Å². The monoisotopic (exact) mass is 321 g/mol. The quantitative estimate of drug-likeness (QED) is 0.881. The molecule has 0 bridgehead atoms. The van der Waals surface area contributed by atoms with Gasteiger partial charge in [0.25, 0.3) is 0 Å². The molecule has 0 aromatic heterocycles. The minimum absolute atomic E-state index is 0.00174. The highest BCUT2D eigenvalue weighted by Crippen LogP contribution is 2.08. The first-order valence-corrected chi connectivity index (χ1v) is 7.98. The van der Waals surface area contributed by atoms with Gasteiger partial charge in [0.2, 0.25) is 11.8 Å². The Labute approximate surface area is 136 Å². The van der Waals surface area contributed by atoms with Crippen molar-refractivity contribution in [2.24, 2.45) is 0 Å². The van der Waals surface area contributed by atoms with Gasteiger partial charge < -0.3 is 10.2 Å². The second kappa shape index (κ2) is 8.06. The van der Waals surface area contributed by atoms with Crippen molar-refractivity contribution in [3.8, 4) is 0 Å². The van der Waals surface area contributed by atoms with Crippen molar-refractivity contribution in [3.05, 3.63) is 35.6 Å². The molecule has 5 nitrogen and oxygen atoms in total. The van der Waals surface area contributed by atoms with E-state index in [-0.39, 0.29) is 30.1 Å². The van der Waals surface area contributed by atoms with Gasteiger partial charge in [0.15, 0.2) is 0 Å². The van der Waals surface area contributed by atoms with E-state index in [2.05, 4.69) is 5.32 Å². The number of amides is 2. The fraction of sp³-hybridized carbons (Fsp3) is 0.529. The molecule has 1 aliphatic heterocycles. The molecule has 6 heteroatoms. The molecule has 1 N–H and O–H groups in total. The van der Waals surface area contributed by atoms with Crippen LogP contribution in [0.5, 0.6) is 0 Å². The number of halogens is 1. The molecule has 0 spiro atoms. The molecular formula is C17H24FN3O2. The number of carbonyl (C=O) groups is 2. The van der Waals surface area contributed by atoms with Gasteiger partial charge in [-0.15, -0.1) is 0 Å². The summed E-state index contributed by atoms with van der Waals surface area (Å²) in [6.45, 7) is 6.79. The Morgan fingerprint density at radius 2 is 1.91 bits per heavy atom. The largest absolute Gasteiger partial charge is 0.353 e. The lowest BCUT2D eigenvalue weighted by molar-refractivity contribution is -0.132. The Hall–Kier alpha value is -1.95. The van der Waals surface area contributed by atoms with Crippen molar-refractivity contribution in [2.75, 3.05) is 32.7 Å². The molecule has 2 rings (SSSR count). The molecule has 0 unspecified atom stereocenters. The van der Waals surface area contributed by atoms with Crippen molar-refractivity contribution >= 4 is 11.8 Å². The van der Waals surface area contributed by atoms with Crippen molar-refractivity contribution in [2.45, 2.75) is 26.3 Å². The molecule has 0 aliphatic carbocycles. The average molecular weight is 321 g/mol. The summed E-state index contributed by atoms with van der Waals surface area (Å²) in [5, 5.41) is 2.87. The number of hydrogen-bond donors (Lipinski definition) is 1. The van der Waals surface area contributed by atoms with Crippen LogP contribution in [-0.2, 0) is 16.0 Å². The first-order chi connectivity index (χ1) is 10.9. The van der Waals surface area contributed by atoms with E-state index in [0.717, 1.165) is 0 Å². The number of carbonyl (C=O) groups excluding carboxylic acids is 2. The van der Waals surface area contributed by atoms with E-state index in [1.54, 1.807) is 17.0 Å². The van der Waals surface area contributed by atoms with Gasteiger partial charge in [-0.1, -0.05) is 12.1 Å². The number of rotatable bonds is 5. The number of nitrogens with one attached hydrogen (secondary N) is 1. The summed E-state index contributed by atoms with van der Waals surface area (Å²) in [7, 11) is 0. The van der Waals surface area contributed by atoms with Crippen LogP contribution >= 0.6 is 0 Å². The Kier molecular flexibility index (Phi) is 6.10. The first-order valence-electron chi connectivity index (χ1n) is 7.98. The average Bonchev–Trinajstić information content (AvgIpc) is 2.47. The van der Waals surface area contributed by atoms with Crippen LogP contribution in [0.2, 0.25) is 0 Å². The van der Waals surface area contributed by atoms with Crippen molar-refractivity contribution in [1.29, 1.82) is 0 Å². The molecule has 1 aromatic carbocycles. The molecule has 0 atom stereocenters. The number of nitrogens with zero attached hydrogens (tertiary/aromatic N) is 2. The summed E-state index contributed by atoms with van der Waals surface area (Å²) in [6, 6.07) is 6.27. The van der Waals surface area contributed by atoms with Gasteiger partial charge in [0.1, 0.15) is 5.82 Å². The SMILES string of the molecule is CC(C)NC(=O)CN1CCN(C(=O)Cc2cccc(F)c2)CC1. The third-order valence-corrected chi connectivity index (χ3v) is 3.79. The highest BCUT2D eigenvalue weighted by atomic mass is 19.1. The van der Waals surface area contributed by atoms with Gasteiger partial charge in [-0.2, -0.15) is 0 Å². The summed E-state index contributed by atoms with van der Waals surface area (Å²) in [5.41, 5.74) is 0.689. The van der Waals surface area contributed by atoms with E-state index >= 15 is 0 Å². The van der Waals surface area contributed by atoms with Crippen molar-refractivity contribution in [3.63, 3.8) is 0 Å². The zero-order valence-electron chi connectivity index (χ0n) is 13.7. The van der Waals surface area contributed by atoms with Crippen LogP contribution in [0.25, 0.3) is 0 Å². The molecule has 1 aliphatic rings. The van der Waals surface area contributed by atoms with Gasteiger partial charge in [-0.05, 0) is 31.5 Å². The fourth-order valence-corrected chi connectivity index (χ4v) is 2.66. The standard InChI is InChI=1S/C17H24FN3O2/c1-13(2)19-16(22)12-20-6-8-21(9-7-20)17(23)11-14-4-3-5-15(18)10-14/h3-5,10,13H,6-9,11-12H2,1-2H3,(H,19,22). The van der Waals surface area contributed by atoms with E-state index in [0.29, 0.717) is 38.3 Å². The van der Waals surface area contributed by atoms with Crippen LogP contribution in [0.3, 0.4) is 0 Å². The molecule has 1 fully saturated rings. The summed E-state index contributed by atoms with van der Waals surface area (Å²) < 4.78 is 13.2. The second-order valence-electron chi connectivity index (χ2n) is 6.19. The highest BCUT2D eigenvalue weighted by molar-refractivity contribution is 5.79. The summed E-state index contributed by atoms with van der Waals surface area (Å²) >= 11 is 0. The molecule has 0 saturated carbocycles. The number of benzene rings is 1. The van der Waals surface area contributed by atoms with Crippen LogP contribution in [0.4, 0.5) is 4.39 Å². The summed E-state index contributed by atoms with van der Waals surface area (Å²) in [4.78, 5) is 27.8. The number of hydrogen-bond acceptors (Lipinski definition) is 3. The van der Waals surface area contributed by atoms with Crippen LogP contribution in [0, 0.1) is 5.82 Å². The molecule has 2 amide bonds. The summed E-state index contributed by atoms with van der Waals surface area (Å²) in [6.07, 6.45) is 0.214. The second-order valence-corrected chi connectivity index (χ2v) is 6.19. The lowest BCUT2D eigenvalue weighted by atomic mass is 10.1. The van der Waals surface area contributed by atoms with Crippen molar-refractivity contribution < 1.29 is 14.0 Å². The highest BCUT2D eigenvalue weighted by Gasteiger charge is 2.22. The zero-order chi connectivity index (χ0) is 16.8. The third-order valence-electron chi connectivity index (χ3n) is 3.79. The Morgan fingerprint density at radius 1 is 1.22 bits per heavy atom. The van der Waals surface area contributed by atoms with E-state index in [1.807, 2.05) is 18.7 Å². The zero-order valence-corrected chi connectivity index (χ0v) is 13.7. The minimum Gasteiger partial charge on any atom is -0.353 e. The van der Waals surface area contributed by atoms with E-state index in [4.69, 9.17) is 0 Å². The van der Waals surface area contributed by atoms with Crippen LogP contribution in [-0.4, -0.2) is 60.4 Å². The van der Waals surface area contributed by atoms with Crippen LogP contribution in [0.15, 0.2) is 24.3 Å². The topological polar surface area (TPSA) is 52.7 Å². The maximum atomic E-state index is 13.2. The van der Waals surface area contributed by atoms with Gasteiger partial charge in [-0.25, -0.2) is 4.39 Å². The predicted octanol–water partition coefficient (Wildman–Crippen LogP) is 1.04. The molecule has 0 radical (unpaired) electrons. The molecule has 1 aromatic rings. The molecule has 23 heavy (non-hydrogen) atoms. The van der Waals surface area contributed by atoms with Crippen molar-refractivity contribution in [1.82, 2.24) is 15.1 Å². The summed E-state index contributed by atoms with van der Waals surface area (Å²) in [5.74, 6) is -0.308. The maximum Gasteiger partial charge on any atom is 0.234 e. The Balaban J connectivity index is 1.77. The predicted molar refractivity (Wildman–Crippen MR) is 86.4 cm³/mol. The molecule has 126 valence electrons. The normalized spacial score (nSPS) is 15.7. The van der Waals surface area contributed by atoms with Crippen LogP contribution < -0.4 is 5.32 Å². The Bertz CT molecular complexity index is 555. The van der Waals surface area contributed by atoms with E-state index < -0.39 is 0 Å². The lowest BCUT2D eigenvalue weighted by Gasteiger charge is -2.34. The fourth-order valence-electron chi connectivity index (χ4n) is 2.66. The third kappa shape index (κ3) is 5.63. The minimum atomic E-state index is -0.323. The molecule has 1 saturated heterocycles. The van der Waals surface area contributed by atoms with Gasteiger partial charge in [0.05, 0.1) is 13.0 Å². The van der Waals surface area contributed by atoms with Gasteiger partial charge in [0, 0.05) is 32.2 Å². The van der Waals surface area contributed by atoms with Gasteiger partial charge in [-0.3, -0.25) is 14.5 Å². The van der Waals surface area contributed by atoms with Crippen LogP contribution in [0.1, 0.15) is 19.4 Å². The lowest BCUT2D eigenvalue weighted by Crippen LogP contribution is -2.51. The molecule has 1 heterocycles.